The van der Waals surface area contributed by atoms with Gasteiger partial charge in [-0.2, -0.15) is 0 Å². The van der Waals surface area contributed by atoms with E-state index in [9.17, 15) is 13.5 Å². The summed E-state index contributed by atoms with van der Waals surface area (Å²) in [6.45, 7) is 3.58. The van der Waals surface area contributed by atoms with E-state index in [1.54, 1.807) is 36.4 Å². The van der Waals surface area contributed by atoms with Gasteiger partial charge in [0.25, 0.3) is 0 Å². The molecule has 2 N–H and O–H groups in total. The van der Waals surface area contributed by atoms with Crippen molar-refractivity contribution < 1.29 is 13.5 Å². The fraction of sp³-hybridized carbons (Fsp3) is 0.200. The zero-order valence-electron chi connectivity index (χ0n) is 17.1. The van der Waals surface area contributed by atoms with Gasteiger partial charge in [0.1, 0.15) is 0 Å². The van der Waals surface area contributed by atoms with E-state index in [-0.39, 0.29) is 11.4 Å². The number of aliphatic hydroxyl groups is 1. The van der Waals surface area contributed by atoms with Crippen LogP contribution < -0.4 is 4.72 Å². The van der Waals surface area contributed by atoms with Gasteiger partial charge in [0.05, 0.1) is 11.4 Å². The molecule has 0 aliphatic rings. The van der Waals surface area contributed by atoms with Crippen molar-refractivity contribution in [2.75, 3.05) is 6.54 Å². The van der Waals surface area contributed by atoms with Crippen LogP contribution in [0.25, 0.3) is 0 Å². The highest BCUT2D eigenvalue weighted by molar-refractivity contribution is 7.89. The van der Waals surface area contributed by atoms with Crippen LogP contribution in [-0.4, -0.2) is 20.1 Å². The van der Waals surface area contributed by atoms with Gasteiger partial charge in [-0.05, 0) is 37.1 Å². The van der Waals surface area contributed by atoms with Crippen LogP contribution in [0.1, 0.15) is 22.3 Å². The van der Waals surface area contributed by atoms with E-state index in [0.717, 1.165) is 16.7 Å². The largest absolute Gasteiger partial charge is 0.372 e. The normalized spacial score (nSPS) is 13.2. The molecule has 0 saturated heterocycles. The number of benzene rings is 3. The quantitative estimate of drug-likeness (QED) is 0.599. The molecule has 0 heterocycles. The first kappa shape index (κ1) is 21.8. The van der Waals surface area contributed by atoms with Gasteiger partial charge in [0.15, 0.2) is 5.60 Å². The molecule has 1 atom stereocenters. The fourth-order valence-corrected chi connectivity index (χ4v) is 4.00. The fourth-order valence-electron chi connectivity index (χ4n) is 2.94. The molecule has 0 saturated carbocycles. The van der Waals surface area contributed by atoms with Crippen LogP contribution in [0.3, 0.4) is 0 Å². The van der Waals surface area contributed by atoms with E-state index in [1.807, 2.05) is 56.3 Å². The lowest BCUT2D eigenvalue weighted by Gasteiger charge is -2.23. The summed E-state index contributed by atoms with van der Waals surface area (Å²) in [5.74, 6) is 5.90. The minimum atomic E-state index is -3.78. The summed E-state index contributed by atoms with van der Waals surface area (Å²) in [5.41, 5.74) is 1.92. The Morgan fingerprint density at radius 3 is 2.03 bits per heavy atom. The van der Waals surface area contributed by atoms with Crippen molar-refractivity contribution in [2.45, 2.75) is 30.8 Å². The first-order valence-electron chi connectivity index (χ1n) is 9.68. The standard InChI is InChI=1S/C25H25NO3S/c1-20-10-14-23(15-11-20)25(27,18-6-9-22-7-4-3-5-8-22)19-26-30(28,29)24-16-12-21(2)13-17-24/h3-5,7-8,10-17,26-27H,9,19H2,1-2H3. The lowest BCUT2D eigenvalue weighted by Crippen LogP contribution is -2.40. The summed E-state index contributed by atoms with van der Waals surface area (Å²) < 4.78 is 27.9. The molecule has 30 heavy (non-hydrogen) atoms. The van der Waals surface area contributed by atoms with Crippen molar-refractivity contribution in [2.24, 2.45) is 0 Å². The molecule has 3 aromatic rings. The van der Waals surface area contributed by atoms with Gasteiger partial charge in [-0.3, -0.25) is 0 Å². The highest BCUT2D eigenvalue weighted by Gasteiger charge is 2.29. The summed E-state index contributed by atoms with van der Waals surface area (Å²) in [6.07, 6.45) is 0.458. The van der Waals surface area contributed by atoms with Crippen molar-refractivity contribution in [3.05, 3.63) is 101 Å². The zero-order chi connectivity index (χ0) is 21.6. The predicted molar refractivity (Wildman–Crippen MR) is 119 cm³/mol. The number of hydrogen-bond donors (Lipinski definition) is 2. The SMILES string of the molecule is Cc1ccc(C(O)(C#CCc2ccccc2)CNS(=O)(=O)c2ccc(C)cc2)cc1. The van der Waals surface area contributed by atoms with Gasteiger partial charge in [0, 0.05) is 6.42 Å². The summed E-state index contributed by atoms with van der Waals surface area (Å²) in [4.78, 5) is 0.150. The maximum Gasteiger partial charge on any atom is 0.240 e. The van der Waals surface area contributed by atoms with Gasteiger partial charge in [-0.15, -0.1) is 0 Å². The van der Waals surface area contributed by atoms with Gasteiger partial charge in [-0.25, -0.2) is 13.1 Å². The van der Waals surface area contributed by atoms with E-state index in [0.29, 0.717) is 12.0 Å². The molecule has 4 nitrogen and oxygen atoms in total. The van der Waals surface area contributed by atoms with Crippen LogP contribution in [0.2, 0.25) is 0 Å². The van der Waals surface area contributed by atoms with Crippen LogP contribution in [0.5, 0.6) is 0 Å². The zero-order valence-corrected chi connectivity index (χ0v) is 17.9. The van der Waals surface area contributed by atoms with E-state index in [1.165, 1.54) is 0 Å². The maximum atomic E-state index is 12.7. The van der Waals surface area contributed by atoms with Gasteiger partial charge < -0.3 is 5.11 Å². The Balaban J connectivity index is 1.86. The van der Waals surface area contributed by atoms with Gasteiger partial charge in [-0.1, -0.05) is 89.7 Å². The molecule has 1 unspecified atom stereocenters. The third kappa shape index (κ3) is 5.58. The van der Waals surface area contributed by atoms with E-state index in [2.05, 4.69) is 16.6 Å². The number of sulfonamides is 1. The van der Waals surface area contributed by atoms with Gasteiger partial charge >= 0.3 is 0 Å². The van der Waals surface area contributed by atoms with E-state index < -0.39 is 15.6 Å². The molecule has 0 aliphatic heterocycles. The summed E-state index contributed by atoms with van der Waals surface area (Å²) in [5, 5.41) is 11.3. The molecular weight excluding hydrogens is 394 g/mol. The first-order chi connectivity index (χ1) is 14.3. The molecule has 0 radical (unpaired) electrons. The predicted octanol–water partition coefficient (Wildman–Crippen LogP) is 3.72. The minimum absolute atomic E-state index is 0.150. The molecule has 0 aromatic heterocycles. The molecular formula is C25H25NO3S. The van der Waals surface area contributed by atoms with Crippen molar-refractivity contribution in [1.29, 1.82) is 0 Å². The molecule has 0 bridgehead atoms. The molecule has 0 amide bonds. The number of rotatable bonds is 6. The average molecular weight is 420 g/mol. The first-order valence-corrected chi connectivity index (χ1v) is 11.2. The second-order valence-corrected chi connectivity index (χ2v) is 9.10. The van der Waals surface area contributed by atoms with Crippen LogP contribution >= 0.6 is 0 Å². The van der Waals surface area contributed by atoms with Crippen molar-refractivity contribution >= 4 is 10.0 Å². The lowest BCUT2D eigenvalue weighted by atomic mass is 9.93. The summed E-state index contributed by atoms with van der Waals surface area (Å²) in [6, 6.07) is 23.5. The maximum absolute atomic E-state index is 12.7. The highest BCUT2D eigenvalue weighted by Crippen LogP contribution is 2.22. The van der Waals surface area contributed by atoms with E-state index in [4.69, 9.17) is 0 Å². The number of nitrogens with one attached hydrogen (secondary N) is 1. The average Bonchev–Trinajstić information content (AvgIpc) is 2.74. The van der Waals surface area contributed by atoms with Crippen LogP contribution in [-0.2, 0) is 22.0 Å². The Morgan fingerprint density at radius 2 is 1.43 bits per heavy atom. The van der Waals surface area contributed by atoms with Crippen molar-refractivity contribution in [3.8, 4) is 11.8 Å². The third-order valence-corrected chi connectivity index (χ3v) is 6.23. The van der Waals surface area contributed by atoms with Crippen molar-refractivity contribution in [1.82, 2.24) is 4.72 Å². The Kier molecular flexibility index (Phi) is 6.73. The Hall–Kier alpha value is -2.91. The molecule has 0 spiro atoms. The van der Waals surface area contributed by atoms with Gasteiger partial charge in [0.2, 0.25) is 10.0 Å². The van der Waals surface area contributed by atoms with E-state index >= 15 is 0 Å². The molecule has 0 aliphatic carbocycles. The van der Waals surface area contributed by atoms with Crippen LogP contribution in [0.4, 0.5) is 0 Å². The molecule has 0 fully saturated rings. The molecule has 3 rings (SSSR count). The van der Waals surface area contributed by atoms with Crippen LogP contribution in [0, 0.1) is 25.7 Å². The van der Waals surface area contributed by atoms with Crippen molar-refractivity contribution in [3.63, 3.8) is 0 Å². The second kappa shape index (κ2) is 9.27. The second-order valence-electron chi connectivity index (χ2n) is 7.33. The third-order valence-electron chi connectivity index (χ3n) is 4.81. The highest BCUT2D eigenvalue weighted by atomic mass is 32.2. The smallest absolute Gasteiger partial charge is 0.240 e. The number of aryl methyl sites for hydroxylation is 2. The molecule has 154 valence electrons. The Labute approximate surface area is 178 Å². The number of hydrogen-bond acceptors (Lipinski definition) is 3. The molecule has 3 aromatic carbocycles. The summed E-state index contributed by atoms with van der Waals surface area (Å²) >= 11 is 0. The Morgan fingerprint density at radius 1 is 0.867 bits per heavy atom. The lowest BCUT2D eigenvalue weighted by molar-refractivity contribution is 0.105. The Bertz CT molecular complexity index is 1140. The minimum Gasteiger partial charge on any atom is -0.372 e. The van der Waals surface area contributed by atoms with Crippen LogP contribution in [0.15, 0.2) is 83.8 Å². The topological polar surface area (TPSA) is 66.4 Å². The monoisotopic (exact) mass is 419 g/mol. The summed E-state index contributed by atoms with van der Waals surface area (Å²) in [7, 11) is -3.78. The molecule has 5 heteroatoms.